The Morgan fingerprint density at radius 2 is 2.11 bits per heavy atom. The first kappa shape index (κ1) is 16.3. The van der Waals surface area contributed by atoms with Crippen molar-refractivity contribution in [2.75, 3.05) is 37.9 Å². The number of hydrogen-bond donors (Lipinski definition) is 1. The van der Waals surface area contributed by atoms with Gasteiger partial charge in [0.1, 0.15) is 5.82 Å². The number of nitrogens with zero attached hydrogens (tertiary/aromatic N) is 3. The summed E-state index contributed by atoms with van der Waals surface area (Å²) in [6.45, 7) is 2.81. The second kappa shape index (κ2) is 7.77. The van der Waals surface area contributed by atoms with Gasteiger partial charge in [0, 0.05) is 19.2 Å². The maximum absolute atomic E-state index is 5.71. The van der Waals surface area contributed by atoms with Gasteiger partial charge in [0.15, 0.2) is 5.16 Å². The fourth-order valence-corrected chi connectivity index (χ4v) is 2.51. The first-order chi connectivity index (χ1) is 8.76. The van der Waals surface area contributed by atoms with E-state index >= 15 is 0 Å². The summed E-state index contributed by atoms with van der Waals surface area (Å²) < 4.78 is 5.22. The highest BCUT2D eigenvalue weighted by Gasteiger charge is 2.20. The van der Waals surface area contributed by atoms with Crippen LogP contribution in [0.2, 0.25) is 0 Å². The molecule has 7 heteroatoms. The molecule has 0 amide bonds. The van der Waals surface area contributed by atoms with Crippen LogP contribution in [0.15, 0.2) is 11.2 Å². The van der Waals surface area contributed by atoms with Gasteiger partial charge >= 0.3 is 0 Å². The summed E-state index contributed by atoms with van der Waals surface area (Å²) >= 11 is 1.53. The molecule has 0 bridgehead atoms. The maximum Gasteiger partial charge on any atom is 0.219 e. The Morgan fingerprint density at radius 1 is 1.42 bits per heavy atom. The molecule has 0 saturated carbocycles. The largest absolute Gasteiger partial charge is 0.481 e. The van der Waals surface area contributed by atoms with Crippen LogP contribution in [0.5, 0.6) is 5.88 Å². The molecule has 0 spiro atoms. The van der Waals surface area contributed by atoms with Gasteiger partial charge in [0.2, 0.25) is 5.88 Å². The quantitative estimate of drug-likeness (QED) is 0.676. The molecule has 0 unspecified atom stereocenters. The number of piperidine rings is 1. The maximum atomic E-state index is 5.71. The molecular weight excluding hydrogens is 284 g/mol. The number of aromatic nitrogens is 2. The van der Waals surface area contributed by atoms with Crippen molar-refractivity contribution >= 4 is 30.0 Å². The van der Waals surface area contributed by atoms with E-state index in [1.165, 1.54) is 11.8 Å². The van der Waals surface area contributed by atoms with E-state index in [-0.39, 0.29) is 12.4 Å². The fraction of sp³-hybridized carbons (Fsp3) is 0.667. The Balaban J connectivity index is 0.00000180. The molecule has 2 rings (SSSR count). The van der Waals surface area contributed by atoms with Crippen molar-refractivity contribution in [3.63, 3.8) is 0 Å². The molecule has 0 aromatic carbocycles. The number of methoxy groups -OCH3 is 1. The number of rotatable bonds is 4. The zero-order chi connectivity index (χ0) is 13.0. The van der Waals surface area contributed by atoms with E-state index in [1.54, 1.807) is 7.11 Å². The molecule has 1 fully saturated rings. The third kappa shape index (κ3) is 4.12. The van der Waals surface area contributed by atoms with Gasteiger partial charge in [0.25, 0.3) is 0 Å². The molecule has 0 aliphatic carbocycles. The number of halogens is 1. The highest BCUT2D eigenvalue weighted by atomic mass is 35.5. The van der Waals surface area contributed by atoms with Gasteiger partial charge in [-0.2, -0.15) is 4.98 Å². The number of anilines is 1. The first-order valence-electron chi connectivity index (χ1n) is 6.19. The van der Waals surface area contributed by atoms with Crippen LogP contribution in [-0.2, 0) is 0 Å². The predicted molar refractivity (Wildman–Crippen MR) is 81.6 cm³/mol. The van der Waals surface area contributed by atoms with Crippen molar-refractivity contribution in [2.24, 2.45) is 11.7 Å². The molecule has 1 aromatic heterocycles. The molecule has 2 heterocycles. The lowest BCUT2D eigenvalue weighted by Gasteiger charge is -2.32. The topological polar surface area (TPSA) is 64.3 Å². The molecule has 0 atom stereocenters. The summed E-state index contributed by atoms with van der Waals surface area (Å²) in [5.41, 5.74) is 5.71. The molecule has 1 aliphatic heterocycles. The summed E-state index contributed by atoms with van der Waals surface area (Å²) in [5.74, 6) is 2.25. The third-order valence-corrected chi connectivity index (χ3v) is 3.88. The third-order valence-electron chi connectivity index (χ3n) is 3.33. The van der Waals surface area contributed by atoms with Gasteiger partial charge in [-0.1, -0.05) is 11.8 Å². The van der Waals surface area contributed by atoms with E-state index in [9.17, 15) is 0 Å². The zero-order valence-corrected chi connectivity index (χ0v) is 13.0. The molecule has 1 saturated heterocycles. The highest BCUT2D eigenvalue weighted by Crippen LogP contribution is 2.25. The van der Waals surface area contributed by atoms with E-state index in [1.807, 2.05) is 12.3 Å². The van der Waals surface area contributed by atoms with Crippen LogP contribution in [0.25, 0.3) is 0 Å². The van der Waals surface area contributed by atoms with E-state index < -0.39 is 0 Å². The molecular formula is C12H21ClN4OS. The lowest BCUT2D eigenvalue weighted by Crippen LogP contribution is -2.36. The molecule has 1 aromatic rings. The SMILES string of the molecule is COc1cc(N2CCC(CN)CC2)nc(SC)n1.Cl. The Kier molecular flexibility index (Phi) is 6.68. The Hall–Kier alpha value is -0.720. The van der Waals surface area contributed by atoms with Crippen molar-refractivity contribution in [3.8, 4) is 5.88 Å². The van der Waals surface area contributed by atoms with Gasteiger partial charge < -0.3 is 15.4 Å². The normalized spacial score (nSPS) is 16.1. The van der Waals surface area contributed by atoms with Crippen molar-refractivity contribution in [1.29, 1.82) is 0 Å². The molecule has 108 valence electrons. The van der Waals surface area contributed by atoms with Crippen LogP contribution >= 0.6 is 24.2 Å². The van der Waals surface area contributed by atoms with Gasteiger partial charge in [-0.05, 0) is 31.6 Å². The van der Waals surface area contributed by atoms with Crippen molar-refractivity contribution in [2.45, 2.75) is 18.0 Å². The number of ether oxygens (including phenoxy) is 1. The van der Waals surface area contributed by atoms with E-state index in [0.717, 1.165) is 43.5 Å². The van der Waals surface area contributed by atoms with Crippen LogP contribution in [-0.4, -0.2) is 43.0 Å². The van der Waals surface area contributed by atoms with Crippen LogP contribution < -0.4 is 15.4 Å². The number of nitrogens with two attached hydrogens (primary N) is 1. The molecule has 1 aliphatic rings. The summed E-state index contributed by atoms with van der Waals surface area (Å²) in [6.07, 6.45) is 4.24. The average Bonchev–Trinajstić information content (AvgIpc) is 2.46. The number of hydrogen-bond acceptors (Lipinski definition) is 6. The molecule has 19 heavy (non-hydrogen) atoms. The van der Waals surface area contributed by atoms with E-state index in [0.29, 0.717) is 11.8 Å². The summed E-state index contributed by atoms with van der Waals surface area (Å²) in [6, 6.07) is 1.91. The van der Waals surface area contributed by atoms with Crippen LogP contribution in [0.1, 0.15) is 12.8 Å². The van der Waals surface area contributed by atoms with Crippen LogP contribution in [0.3, 0.4) is 0 Å². The van der Waals surface area contributed by atoms with Gasteiger partial charge in [-0.15, -0.1) is 12.4 Å². The van der Waals surface area contributed by atoms with E-state index in [2.05, 4.69) is 14.9 Å². The van der Waals surface area contributed by atoms with Crippen LogP contribution in [0.4, 0.5) is 5.82 Å². The Bertz CT molecular complexity index is 377. The van der Waals surface area contributed by atoms with E-state index in [4.69, 9.17) is 10.5 Å². The smallest absolute Gasteiger partial charge is 0.219 e. The van der Waals surface area contributed by atoms with Gasteiger partial charge in [0.05, 0.1) is 7.11 Å². The summed E-state index contributed by atoms with van der Waals surface area (Å²) in [4.78, 5) is 11.1. The van der Waals surface area contributed by atoms with Crippen molar-refractivity contribution < 1.29 is 4.74 Å². The highest BCUT2D eigenvalue weighted by molar-refractivity contribution is 7.98. The lowest BCUT2D eigenvalue weighted by atomic mass is 9.97. The summed E-state index contributed by atoms with van der Waals surface area (Å²) in [7, 11) is 1.64. The monoisotopic (exact) mass is 304 g/mol. The molecule has 2 N–H and O–H groups in total. The molecule has 5 nitrogen and oxygen atoms in total. The minimum Gasteiger partial charge on any atom is -0.481 e. The van der Waals surface area contributed by atoms with Crippen molar-refractivity contribution in [3.05, 3.63) is 6.07 Å². The fourth-order valence-electron chi connectivity index (χ4n) is 2.15. The standard InChI is InChI=1S/C12H20N4OS.ClH/c1-17-11-7-10(14-12(15-11)18-2)16-5-3-9(8-13)4-6-16;/h7,9H,3-6,8,13H2,1-2H3;1H. The zero-order valence-electron chi connectivity index (χ0n) is 11.3. The first-order valence-corrected chi connectivity index (χ1v) is 7.41. The average molecular weight is 305 g/mol. The second-order valence-corrected chi connectivity index (χ2v) is 5.19. The minimum atomic E-state index is 0. The summed E-state index contributed by atoms with van der Waals surface area (Å²) in [5, 5.41) is 0.755. The molecule has 0 radical (unpaired) electrons. The lowest BCUT2D eigenvalue weighted by molar-refractivity contribution is 0.389. The predicted octanol–water partition coefficient (Wildman–Crippen LogP) is 1.80. The Morgan fingerprint density at radius 3 is 2.63 bits per heavy atom. The van der Waals surface area contributed by atoms with Crippen LogP contribution in [0, 0.1) is 5.92 Å². The van der Waals surface area contributed by atoms with Crippen molar-refractivity contribution in [1.82, 2.24) is 9.97 Å². The van der Waals surface area contributed by atoms with Gasteiger partial charge in [-0.3, -0.25) is 0 Å². The minimum absolute atomic E-state index is 0. The number of thioether (sulfide) groups is 1. The van der Waals surface area contributed by atoms with Gasteiger partial charge in [-0.25, -0.2) is 4.98 Å². The Labute approximate surface area is 124 Å². The second-order valence-electron chi connectivity index (χ2n) is 4.42.